The maximum Gasteiger partial charge on any atom is 0.238 e. The number of benzene rings is 2. The zero-order valence-electron chi connectivity index (χ0n) is 17.4. The fraction of sp³-hybridized carbons (Fsp3) is 0.333. The maximum absolute atomic E-state index is 12.5. The van der Waals surface area contributed by atoms with Gasteiger partial charge in [0.25, 0.3) is 0 Å². The number of amides is 1. The first-order chi connectivity index (χ1) is 14.7. The van der Waals surface area contributed by atoms with Crippen LogP contribution in [0, 0.1) is 0 Å². The lowest BCUT2D eigenvalue weighted by Gasteiger charge is -2.33. The van der Waals surface area contributed by atoms with Crippen molar-refractivity contribution in [3.05, 3.63) is 71.2 Å². The maximum atomic E-state index is 12.5. The number of anilines is 1. The summed E-state index contributed by atoms with van der Waals surface area (Å²) in [7, 11) is 0. The predicted molar refractivity (Wildman–Crippen MR) is 124 cm³/mol. The molecule has 0 bridgehead atoms. The van der Waals surface area contributed by atoms with Gasteiger partial charge in [-0.25, -0.2) is 4.98 Å². The fourth-order valence-corrected chi connectivity index (χ4v) is 4.59. The van der Waals surface area contributed by atoms with Crippen molar-refractivity contribution in [1.29, 1.82) is 0 Å². The first kappa shape index (κ1) is 20.7. The van der Waals surface area contributed by atoms with E-state index in [0.29, 0.717) is 6.54 Å². The Hall–Kier alpha value is -2.54. The smallest absolute Gasteiger partial charge is 0.238 e. The normalized spacial score (nSPS) is 15.2. The SMILES string of the molecule is CCc1ccccc1NC(=O)CN1CCN(Cc2csc(-c3ccccc3)n2)CC1. The van der Waals surface area contributed by atoms with Gasteiger partial charge in [0, 0.05) is 49.4 Å². The molecule has 2 aromatic carbocycles. The van der Waals surface area contributed by atoms with Gasteiger partial charge in [-0.2, -0.15) is 0 Å². The van der Waals surface area contributed by atoms with Crippen LogP contribution in [0.3, 0.4) is 0 Å². The Kier molecular flexibility index (Phi) is 6.89. The summed E-state index contributed by atoms with van der Waals surface area (Å²) < 4.78 is 0. The summed E-state index contributed by atoms with van der Waals surface area (Å²) in [6.07, 6.45) is 0.914. The van der Waals surface area contributed by atoms with E-state index in [0.717, 1.165) is 55.5 Å². The lowest BCUT2D eigenvalue weighted by molar-refractivity contribution is -0.117. The van der Waals surface area contributed by atoms with Crippen LogP contribution in [-0.4, -0.2) is 53.4 Å². The molecule has 0 atom stereocenters. The molecule has 1 N–H and O–H groups in total. The number of piperazine rings is 1. The minimum atomic E-state index is 0.0661. The van der Waals surface area contributed by atoms with E-state index < -0.39 is 0 Å². The van der Waals surface area contributed by atoms with Gasteiger partial charge in [0.1, 0.15) is 5.01 Å². The number of nitrogens with one attached hydrogen (secondary N) is 1. The molecule has 0 saturated carbocycles. The second-order valence-electron chi connectivity index (χ2n) is 7.62. The molecule has 1 aliphatic heterocycles. The van der Waals surface area contributed by atoms with Crippen LogP contribution in [0.5, 0.6) is 0 Å². The molecule has 3 aromatic rings. The molecule has 1 aliphatic rings. The second-order valence-corrected chi connectivity index (χ2v) is 8.48. The lowest BCUT2D eigenvalue weighted by Crippen LogP contribution is -2.48. The van der Waals surface area contributed by atoms with Crippen molar-refractivity contribution in [1.82, 2.24) is 14.8 Å². The molecule has 6 heteroatoms. The Balaban J connectivity index is 1.24. The van der Waals surface area contributed by atoms with E-state index in [1.54, 1.807) is 11.3 Å². The average molecular weight is 421 g/mol. The minimum absolute atomic E-state index is 0.0661. The summed E-state index contributed by atoms with van der Waals surface area (Å²) in [5.41, 5.74) is 4.41. The first-order valence-corrected chi connectivity index (χ1v) is 11.4. The highest BCUT2D eigenvalue weighted by Gasteiger charge is 2.20. The topological polar surface area (TPSA) is 48.5 Å². The third kappa shape index (κ3) is 5.33. The number of nitrogens with zero attached hydrogens (tertiary/aromatic N) is 3. The van der Waals surface area contributed by atoms with Gasteiger partial charge in [0.05, 0.1) is 12.2 Å². The number of carbonyl (C=O) groups excluding carboxylic acids is 1. The molecule has 2 heterocycles. The van der Waals surface area contributed by atoms with Crippen molar-refractivity contribution in [3.8, 4) is 10.6 Å². The van der Waals surface area contributed by atoms with Crippen LogP contribution >= 0.6 is 11.3 Å². The predicted octanol–water partition coefficient (Wildman–Crippen LogP) is 4.13. The Labute approximate surface area is 182 Å². The van der Waals surface area contributed by atoms with Gasteiger partial charge >= 0.3 is 0 Å². The summed E-state index contributed by atoms with van der Waals surface area (Å²) >= 11 is 1.70. The molecule has 30 heavy (non-hydrogen) atoms. The highest BCUT2D eigenvalue weighted by molar-refractivity contribution is 7.13. The van der Waals surface area contributed by atoms with Crippen LogP contribution in [0.15, 0.2) is 60.0 Å². The van der Waals surface area contributed by atoms with E-state index in [-0.39, 0.29) is 5.91 Å². The van der Waals surface area contributed by atoms with Crippen molar-refractivity contribution in [2.75, 3.05) is 38.0 Å². The number of hydrogen-bond acceptors (Lipinski definition) is 5. The highest BCUT2D eigenvalue weighted by Crippen LogP contribution is 2.24. The molecule has 0 spiro atoms. The number of aryl methyl sites for hydroxylation is 1. The number of thiazole rings is 1. The van der Waals surface area contributed by atoms with Crippen molar-refractivity contribution in [2.45, 2.75) is 19.9 Å². The van der Waals surface area contributed by atoms with E-state index in [9.17, 15) is 4.79 Å². The molecule has 0 radical (unpaired) electrons. The number of carbonyl (C=O) groups is 1. The van der Waals surface area contributed by atoms with Gasteiger partial charge in [0.2, 0.25) is 5.91 Å². The molecule has 1 amide bonds. The van der Waals surface area contributed by atoms with Gasteiger partial charge in [-0.1, -0.05) is 55.5 Å². The summed E-state index contributed by atoms with van der Waals surface area (Å²) in [5, 5.41) is 6.31. The van der Waals surface area contributed by atoms with E-state index in [4.69, 9.17) is 4.98 Å². The van der Waals surface area contributed by atoms with Crippen LogP contribution in [0.4, 0.5) is 5.69 Å². The summed E-state index contributed by atoms with van der Waals surface area (Å²) in [4.78, 5) is 21.9. The van der Waals surface area contributed by atoms with Crippen LogP contribution in [0.2, 0.25) is 0 Å². The zero-order valence-corrected chi connectivity index (χ0v) is 18.2. The fourth-order valence-electron chi connectivity index (χ4n) is 3.77. The van der Waals surface area contributed by atoms with Crippen molar-refractivity contribution in [2.24, 2.45) is 0 Å². The van der Waals surface area contributed by atoms with E-state index in [1.807, 2.05) is 36.4 Å². The number of aromatic nitrogens is 1. The van der Waals surface area contributed by atoms with Crippen LogP contribution in [0.1, 0.15) is 18.2 Å². The van der Waals surface area contributed by atoms with Crippen LogP contribution in [-0.2, 0) is 17.8 Å². The third-order valence-electron chi connectivity index (χ3n) is 5.46. The molecule has 4 rings (SSSR count). The van der Waals surface area contributed by atoms with Gasteiger partial charge in [-0.05, 0) is 18.1 Å². The van der Waals surface area contributed by atoms with E-state index in [2.05, 4.69) is 45.6 Å². The van der Waals surface area contributed by atoms with Gasteiger partial charge < -0.3 is 5.32 Å². The Morgan fingerprint density at radius 3 is 2.47 bits per heavy atom. The summed E-state index contributed by atoms with van der Waals surface area (Å²) in [6.45, 7) is 7.13. The van der Waals surface area contributed by atoms with E-state index in [1.165, 1.54) is 11.1 Å². The second kappa shape index (κ2) is 9.98. The molecule has 156 valence electrons. The van der Waals surface area contributed by atoms with Crippen molar-refractivity contribution < 1.29 is 4.79 Å². The minimum Gasteiger partial charge on any atom is -0.325 e. The van der Waals surface area contributed by atoms with E-state index >= 15 is 0 Å². The largest absolute Gasteiger partial charge is 0.325 e. The van der Waals surface area contributed by atoms with Gasteiger partial charge in [0.15, 0.2) is 0 Å². The molecule has 0 aliphatic carbocycles. The molecular weight excluding hydrogens is 392 g/mol. The van der Waals surface area contributed by atoms with Crippen molar-refractivity contribution in [3.63, 3.8) is 0 Å². The zero-order chi connectivity index (χ0) is 20.8. The standard InChI is InChI=1S/C24H28N4OS/c1-2-19-8-6-7-11-22(19)26-23(29)17-28-14-12-27(13-15-28)16-21-18-30-24(25-21)20-9-4-3-5-10-20/h3-11,18H,2,12-17H2,1H3,(H,26,29). The molecule has 0 unspecified atom stereocenters. The molecule has 1 fully saturated rings. The molecule has 5 nitrogen and oxygen atoms in total. The highest BCUT2D eigenvalue weighted by atomic mass is 32.1. The first-order valence-electron chi connectivity index (χ1n) is 10.5. The molecular formula is C24H28N4OS. The summed E-state index contributed by atoms with van der Waals surface area (Å²) in [5.74, 6) is 0.0661. The average Bonchev–Trinajstić information content (AvgIpc) is 3.24. The third-order valence-corrected chi connectivity index (χ3v) is 6.40. The van der Waals surface area contributed by atoms with Gasteiger partial charge in [-0.15, -0.1) is 11.3 Å². The monoisotopic (exact) mass is 420 g/mol. The van der Waals surface area contributed by atoms with Crippen LogP contribution in [0.25, 0.3) is 10.6 Å². The Morgan fingerprint density at radius 2 is 1.70 bits per heavy atom. The number of para-hydroxylation sites is 1. The van der Waals surface area contributed by atoms with Gasteiger partial charge in [-0.3, -0.25) is 14.6 Å². The van der Waals surface area contributed by atoms with Crippen molar-refractivity contribution >= 4 is 22.9 Å². The quantitative estimate of drug-likeness (QED) is 0.624. The molecule has 1 aromatic heterocycles. The Morgan fingerprint density at radius 1 is 1.00 bits per heavy atom. The Bertz CT molecular complexity index is 964. The lowest BCUT2D eigenvalue weighted by atomic mass is 10.1. The number of rotatable bonds is 7. The number of hydrogen-bond donors (Lipinski definition) is 1. The summed E-state index contributed by atoms with van der Waals surface area (Å²) in [6, 6.07) is 18.4. The molecule has 1 saturated heterocycles. The van der Waals surface area contributed by atoms with Crippen LogP contribution < -0.4 is 5.32 Å².